The molecule has 3 aliphatic rings. The number of para-hydroxylation sites is 1. The van der Waals surface area contributed by atoms with Gasteiger partial charge in [-0.2, -0.15) is 5.26 Å². The van der Waals surface area contributed by atoms with Crippen LogP contribution in [0, 0.1) is 35.0 Å². The van der Waals surface area contributed by atoms with Gasteiger partial charge in [0.2, 0.25) is 18.7 Å². The number of nitrogens with zero attached hydrogens (tertiary/aromatic N) is 3. The third-order valence-corrected chi connectivity index (χ3v) is 6.58. The van der Waals surface area contributed by atoms with Gasteiger partial charge in [0, 0.05) is 52.5 Å². The Morgan fingerprint density at radius 2 is 1.57 bits per heavy atom. The predicted molar refractivity (Wildman–Crippen MR) is 167 cm³/mol. The molecule has 1 aliphatic carbocycles. The van der Waals surface area contributed by atoms with E-state index in [1.807, 2.05) is 48.3 Å². The number of hydrogen-bond donors (Lipinski definition) is 3. The van der Waals surface area contributed by atoms with Gasteiger partial charge in [-0.1, -0.05) is 51.8 Å². The van der Waals surface area contributed by atoms with Crippen LogP contribution in [0.2, 0.25) is 0 Å². The number of carbonyl (C=O) groups excluding carboxylic acids is 4. The van der Waals surface area contributed by atoms with Crippen LogP contribution in [0.1, 0.15) is 52.9 Å². The van der Waals surface area contributed by atoms with Crippen molar-refractivity contribution in [3.05, 3.63) is 30.3 Å². The van der Waals surface area contributed by atoms with Crippen molar-refractivity contribution in [2.24, 2.45) is 23.7 Å². The molecule has 11 heteroatoms. The van der Waals surface area contributed by atoms with Crippen LogP contribution in [0.5, 0.6) is 0 Å². The molecule has 3 unspecified atom stereocenters. The van der Waals surface area contributed by atoms with Crippen molar-refractivity contribution < 1.29 is 23.9 Å². The van der Waals surface area contributed by atoms with Crippen LogP contribution in [0.15, 0.2) is 30.3 Å². The first kappa shape index (κ1) is 40.6. The molecule has 2 aliphatic heterocycles. The number of methoxy groups -OCH3 is 1. The zero-order chi connectivity index (χ0) is 31.0. The largest absolute Gasteiger partial charge is 0.388 e. The van der Waals surface area contributed by atoms with Crippen molar-refractivity contribution in [2.75, 3.05) is 52.8 Å². The third-order valence-electron chi connectivity index (χ3n) is 6.58. The maximum atomic E-state index is 11.7. The maximum absolute atomic E-state index is 11.7. The predicted octanol–water partition coefficient (Wildman–Crippen LogP) is 3.75. The summed E-state index contributed by atoms with van der Waals surface area (Å²) < 4.78 is 4.25. The van der Waals surface area contributed by atoms with E-state index in [2.05, 4.69) is 36.1 Å². The van der Waals surface area contributed by atoms with E-state index < -0.39 is 6.04 Å². The molecule has 1 saturated carbocycles. The number of hydrogen-bond acceptors (Lipinski definition) is 8. The second-order valence-corrected chi connectivity index (χ2v) is 10.9. The molecule has 11 nitrogen and oxygen atoms in total. The van der Waals surface area contributed by atoms with E-state index in [9.17, 15) is 19.2 Å². The summed E-state index contributed by atoms with van der Waals surface area (Å²) in [6.45, 7) is 8.86. The lowest BCUT2D eigenvalue weighted by Gasteiger charge is -2.22. The molecule has 0 aromatic heterocycles. The number of fused-ring (bicyclic) bond motifs is 1. The van der Waals surface area contributed by atoms with Gasteiger partial charge in [-0.25, -0.2) is 0 Å². The number of ether oxygens (including phenoxy) is 1. The van der Waals surface area contributed by atoms with Crippen molar-refractivity contribution in [2.45, 2.75) is 58.9 Å². The summed E-state index contributed by atoms with van der Waals surface area (Å²) in [7, 11) is 5.16. The van der Waals surface area contributed by atoms with E-state index >= 15 is 0 Å². The molecule has 2 heterocycles. The number of benzene rings is 1. The highest BCUT2D eigenvalue weighted by atomic mass is 16.4. The van der Waals surface area contributed by atoms with Gasteiger partial charge in [-0.3, -0.25) is 14.4 Å². The molecule has 5 N–H and O–H groups in total. The fraction of sp³-hybridized carbons (Fsp3) is 0.645. The van der Waals surface area contributed by atoms with Gasteiger partial charge >= 0.3 is 0 Å². The highest BCUT2D eigenvalue weighted by Gasteiger charge is 2.36. The fourth-order valence-electron chi connectivity index (χ4n) is 4.69. The summed E-state index contributed by atoms with van der Waals surface area (Å²) in [5.41, 5.74) is 1.16. The van der Waals surface area contributed by atoms with Crippen LogP contribution >= 0.6 is 0 Å². The Morgan fingerprint density at radius 1 is 1.05 bits per heavy atom. The molecular weight excluding hydrogens is 536 g/mol. The molecule has 0 spiro atoms. The minimum atomic E-state index is -0.400. The van der Waals surface area contributed by atoms with E-state index in [1.165, 1.54) is 30.6 Å². The molecule has 3 amide bonds. The summed E-state index contributed by atoms with van der Waals surface area (Å²) >= 11 is 0. The molecule has 1 aromatic rings. The van der Waals surface area contributed by atoms with E-state index in [0.717, 1.165) is 42.8 Å². The third kappa shape index (κ3) is 17.4. The van der Waals surface area contributed by atoms with Crippen molar-refractivity contribution in [3.8, 4) is 6.07 Å². The van der Waals surface area contributed by atoms with Gasteiger partial charge in [0.1, 0.15) is 12.3 Å². The molecule has 4 rings (SSSR count). The normalized spacial score (nSPS) is 21.3. The number of aldehydes is 1. The number of likely N-dealkylation sites (tertiary alicyclic amines) is 2. The average Bonchev–Trinajstić information content (AvgIpc) is 3.61. The summed E-state index contributed by atoms with van der Waals surface area (Å²) in [6.07, 6.45) is 7.67. The van der Waals surface area contributed by atoms with Gasteiger partial charge < -0.3 is 36.1 Å². The smallest absolute Gasteiger partial charge is 0.241 e. The highest BCUT2D eigenvalue weighted by molar-refractivity contribution is 5.80. The first-order valence-electron chi connectivity index (χ1n) is 14.3. The van der Waals surface area contributed by atoms with Crippen LogP contribution < -0.4 is 16.8 Å². The topological polar surface area (TPSA) is 167 Å². The SMILES string of the molecule is CC(C)C.CNc1ccccc1.COC.N.N#C[C@@H]1CC(C=O)CN1C=O.O=CNCC(=O)N1CC2CCCCC2C1. The van der Waals surface area contributed by atoms with Crippen LogP contribution in [0.3, 0.4) is 0 Å². The number of nitrogens with one attached hydrogen (secondary N) is 2. The van der Waals surface area contributed by atoms with Crippen LogP contribution in [-0.2, 0) is 23.9 Å². The second kappa shape index (κ2) is 25.2. The number of anilines is 1. The van der Waals surface area contributed by atoms with E-state index in [4.69, 9.17) is 5.26 Å². The van der Waals surface area contributed by atoms with Crippen molar-refractivity contribution in [3.63, 3.8) is 0 Å². The molecule has 238 valence electrons. The minimum Gasteiger partial charge on any atom is -0.388 e. The van der Waals surface area contributed by atoms with Gasteiger partial charge in [0.05, 0.1) is 12.6 Å². The maximum Gasteiger partial charge on any atom is 0.241 e. The first-order chi connectivity index (χ1) is 19.7. The van der Waals surface area contributed by atoms with Crippen molar-refractivity contribution in [1.82, 2.24) is 21.3 Å². The average molecular weight is 591 g/mol. The second-order valence-electron chi connectivity index (χ2n) is 10.9. The van der Waals surface area contributed by atoms with E-state index in [-0.39, 0.29) is 24.5 Å². The van der Waals surface area contributed by atoms with Gasteiger partial charge in [0.15, 0.2) is 0 Å². The molecule has 0 bridgehead atoms. The van der Waals surface area contributed by atoms with E-state index in [1.54, 1.807) is 14.2 Å². The van der Waals surface area contributed by atoms with Crippen molar-refractivity contribution in [1.29, 1.82) is 5.26 Å². The van der Waals surface area contributed by atoms with Crippen molar-refractivity contribution >= 4 is 30.7 Å². The van der Waals surface area contributed by atoms with E-state index in [0.29, 0.717) is 25.8 Å². The Balaban J connectivity index is 0. The highest BCUT2D eigenvalue weighted by Crippen LogP contribution is 2.35. The number of carbonyl (C=O) groups is 4. The summed E-state index contributed by atoms with van der Waals surface area (Å²) in [5.74, 6) is 2.19. The molecular formula is C31H54N6O5. The lowest BCUT2D eigenvalue weighted by atomic mass is 9.82. The summed E-state index contributed by atoms with van der Waals surface area (Å²) in [4.78, 5) is 45.6. The minimum absolute atomic E-state index is 0. The molecule has 0 radical (unpaired) electrons. The molecule has 3 fully saturated rings. The van der Waals surface area contributed by atoms with Gasteiger partial charge in [0.25, 0.3) is 0 Å². The zero-order valence-electron chi connectivity index (χ0n) is 26.5. The first-order valence-corrected chi connectivity index (χ1v) is 14.3. The Kier molecular flexibility index (Phi) is 24.4. The van der Waals surface area contributed by atoms with Gasteiger partial charge in [-0.15, -0.1) is 0 Å². The van der Waals surface area contributed by atoms with Crippen LogP contribution in [-0.4, -0.2) is 88.3 Å². The zero-order valence-corrected chi connectivity index (χ0v) is 26.5. The standard InChI is InChI=1S/C11H18N2O2.C7H8N2O2.C7H9N.C4H10.C2H6O.H3N/c14-8-12-5-11(15)13-6-9-3-1-2-4-10(9)7-13;8-2-7-1-6(4-10)3-9(7)5-11;1-8-7-5-3-2-4-6-7;1-4(2)3;1-3-2;/h8-10H,1-7H2,(H,12,14);4-7H,1,3H2;2-6,8H,1H3;4H,1-3H3;1-2H3;1H3/t;6?,7-;;;;/m.0..../s1. The lowest BCUT2D eigenvalue weighted by molar-refractivity contribution is -0.130. The molecule has 1 aromatic carbocycles. The lowest BCUT2D eigenvalue weighted by Crippen LogP contribution is -2.36. The Hall–Kier alpha value is -3.49. The van der Waals surface area contributed by atoms with Gasteiger partial charge in [-0.05, 0) is 49.1 Å². The number of rotatable bonds is 6. The summed E-state index contributed by atoms with van der Waals surface area (Å²) in [6, 6.07) is 11.6. The monoisotopic (exact) mass is 590 g/mol. The Morgan fingerprint density at radius 3 is 1.93 bits per heavy atom. The fourth-order valence-corrected chi connectivity index (χ4v) is 4.69. The Labute approximate surface area is 252 Å². The molecule has 4 atom stereocenters. The quantitative estimate of drug-likeness (QED) is 0.421. The molecule has 42 heavy (non-hydrogen) atoms. The molecule has 2 saturated heterocycles. The van der Waals surface area contributed by atoms with Crippen LogP contribution in [0.4, 0.5) is 5.69 Å². The van der Waals surface area contributed by atoms with Crippen LogP contribution in [0.25, 0.3) is 0 Å². The summed E-state index contributed by atoms with van der Waals surface area (Å²) in [5, 5.41) is 14.0. The number of amides is 3. The Bertz CT molecular complexity index is 879. The number of nitriles is 1.